The maximum Gasteiger partial charge on any atom is 0.409 e. The third kappa shape index (κ3) is 2.71. The molecule has 3 rings (SSSR count). The Bertz CT molecular complexity index is 721. The van der Waals surface area contributed by atoms with Gasteiger partial charge in [0.05, 0.1) is 37.8 Å². The van der Waals surface area contributed by atoms with Gasteiger partial charge in [-0.05, 0) is 6.42 Å². The Labute approximate surface area is 157 Å². The quantitative estimate of drug-likeness (QED) is 0.430. The average molecular weight is 412 g/mol. The molecule has 0 bridgehead atoms. The first-order valence-electron chi connectivity index (χ1n) is 6.98. The van der Waals surface area contributed by atoms with Crippen molar-refractivity contribution in [1.82, 2.24) is 9.80 Å². The molecule has 2 heterocycles. The largest absolute Gasteiger partial charge is 0.448 e. The van der Waals surface area contributed by atoms with Gasteiger partial charge in [0, 0.05) is 13.1 Å². The number of hydrogen-bond acceptors (Lipinski definition) is 4. The molecule has 1 aromatic rings. The highest BCUT2D eigenvalue weighted by molar-refractivity contribution is 6.55. The van der Waals surface area contributed by atoms with Crippen LogP contribution in [0.15, 0.2) is 0 Å². The first-order valence-corrected chi connectivity index (χ1v) is 8.49. The van der Waals surface area contributed by atoms with Crippen molar-refractivity contribution in [3.8, 4) is 0 Å². The number of cyclic esters (lactones) is 1. The number of benzene rings is 1. The summed E-state index contributed by atoms with van der Waals surface area (Å²) in [6.45, 7) is 1.31. The minimum absolute atomic E-state index is 0.0401. The Hall–Kier alpha value is -1.21. The van der Waals surface area contributed by atoms with Crippen LogP contribution in [0, 0.1) is 0 Å². The predicted octanol–water partition coefficient (Wildman–Crippen LogP) is 3.74. The Morgan fingerprint density at radius 3 is 1.83 bits per heavy atom. The standard InChI is InChI=1S/C14H10Cl4N2O4/c15-8-6-7(9(16)11(18)10(8)17)13(22)20(12(6)21)3-1-2-19-4-5-24-14(19)23/h1-5H2. The number of fused-ring (bicyclic) bond motifs is 1. The number of nitrogens with zero attached hydrogens (tertiary/aromatic N) is 2. The second kappa shape index (κ2) is 6.59. The maximum absolute atomic E-state index is 12.5. The highest BCUT2D eigenvalue weighted by Gasteiger charge is 2.41. The van der Waals surface area contributed by atoms with Gasteiger partial charge in [-0.25, -0.2) is 4.79 Å². The zero-order valence-corrected chi connectivity index (χ0v) is 15.1. The van der Waals surface area contributed by atoms with Crippen molar-refractivity contribution in [3.63, 3.8) is 0 Å². The maximum atomic E-state index is 12.5. The molecule has 0 N–H and O–H groups in total. The third-order valence-electron chi connectivity index (χ3n) is 3.84. The molecule has 3 amide bonds. The first-order chi connectivity index (χ1) is 11.3. The molecule has 0 aliphatic carbocycles. The van der Waals surface area contributed by atoms with E-state index in [-0.39, 0.29) is 37.8 Å². The van der Waals surface area contributed by atoms with Crippen LogP contribution in [-0.4, -0.2) is 53.9 Å². The van der Waals surface area contributed by atoms with Crippen LogP contribution in [-0.2, 0) is 4.74 Å². The molecule has 6 nitrogen and oxygen atoms in total. The minimum atomic E-state index is -0.579. The zero-order chi connectivity index (χ0) is 17.6. The number of ether oxygens (including phenoxy) is 1. The molecule has 10 heteroatoms. The number of amides is 3. The Kier molecular flexibility index (Phi) is 4.84. The summed E-state index contributed by atoms with van der Waals surface area (Å²) in [7, 11) is 0. The second-order valence-corrected chi connectivity index (χ2v) is 6.73. The third-order valence-corrected chi connectivity index (χ3v) is 5.64. The first kappa shape index (κ1) is 17.6. The van der Waals surface area contributed by atoms with Gasteiger partial charge in [0.15, 0.2) is 0 Å². The molecule has 0 atom stereocenters. The lowest BCUT2D eigenvalue weighted by molar-refractivity contribution is 0.0650. The number of hydrogen-bond donors (Lipinski definition) is 0. The average Bonchev–Trinajstić information content (AvgIpc) is 3.06. The molecular weight excluding hydrogens is 402 g/mol. The van der Waals surface area contributed by atoms with E-state index in [0.717, 1.165) is 4.90 Å². The van der Waals surface area contributed by atoms with Gasteiger partial charge in [-0.1, -0.05) is 46.4 Å². The monoisotopic (exact) mass is 410 g/mol. The SMILES string of the molecule is O=C1OCCN1CCCN1C(=O)c2c(Cl)c(Cl)c(Cl)c(Cl)c2C1=O. The molecule has 1 fully saturated rings. The van der Waals surface area contributed by atoms with E-state index in [4.69, 9.17) is 51.1 Å². The summed E-state index contributed by atoms with van der Waals surface area (Å²) in [5.74, 6) is -1.16. The van der Waals surface area contributed by atoms with Crippen molar-refractivity contribution in [2.75, 3.05) is 26.2 Å². The fourth-order valence-corrected chi connectivity index (χ4v) is 3.66. The van der Waals surface area contributed by atoms with Gasteiger partial charge in [0.2, 0.25) is 0 Å². The van der Waals surface area contributed by atoms with Gasteiger partial charge in [-0.2, -0.15) is 0 Å². The van der Waals surface area contributed by atoms with Crippen molar-refractivity contribution in [3.05, 3.63) is 31.2 Å². The van der Waals surface area contributed by atoms with Crippen molar-refractivity contribution in [2.24, 2.45) is 0 Å². The van der Waals surface area contributed by atoms with Crippen LogP contribution in [0.5, 0.6) is 0 Å². The second-order valence-electron chi connectivity index (χ2n) is 5.22. The molecule has 0 radical (unpaired) electrons. The zero-order valence-electron chi connectivity index (χ0n) is 12.1. The molecule has 0 unspecified atom stereocenters. The molecule has 1 saturated heterocycles. The van der Waals surface area contributed by atoms with Crippen LogP contribution < -0.4 is 0 Å². The van der Waals surface area contributed by atoms with E-state index in [2.05, 4.69) is 0 Å². The fraction of sp³-hybridized carbons (Fsp3) is 0.357. The van der Waals surface area contributed by atoms with Crippen LogP contribution in [0.25, 0.3) is 0 Å². The lowest BCUT2D eigenvalue weighted by Crippen LogP contribution is -2.34. The normalized spacial score (nSPS) is 16.9. The molecule has 128 valence electrons. The van der Waals surface area contributed by atoms with E-state index in [9.17, 15) is 14.4 Å². The summed E-state index contributed by atoms with van der Waals surface area (Å²) in [6.07, 6.45) is -0.000843. The summed E-state index contributed by atoms with van der Waals surface area (Å²) in [6, 6.07) is 0. The number of rotatable bonds is 4. The van der Waals surface area contributed by atoms with E-state index in [1.54, 1.807) is 0 Å². The van der Waals surface area contributed by atoms with Gasteiger partial charge in [0.25, 0.3) is 11.8 Å². The molecule has 24 heavy (non-hydrogen) atoms. The Morgan fingerprint density at radius 2 is 1.38 bits per heavy atom. The summed E-state index contributed by atoms with van der Waals surface area (Å²) in [4.78, 5) is 38.9. The van der Waals surface area contributed by atoms with Crippen molar-refractivity contribution >= 4 is 64.3 Å². The summed E-state index contributed by atoms with van der Waals surface area (Å²) in [5.41, 5.74) is -0.0803. The van der Waals surface area contributed by atoms with E-state index in [0.29, 0.717) is 26.1 Å². The minimum Gasteiger partial charge on any atom is -0.448 e. The highest BCUT2D eigenvalue weighted by atomic mass is 35.5. The molecule has 0 saturated carbocycles. The smallest absolute Gasteiger partial charge is 0.409 e. The predicted molar refractivity (Wildman–Crippen MR) is 89.4 cm³/mol. The van der Waals surface area contributed by atoms with Gasteiger partial charge >= 0.3 is 6.09 Å². The molecule has 2 aliphatic rings. The van der Waals surface area contributed by atoms with Crippen LogP contribution in [0.3, 0.4) is 0 Å². The molecule has 0 spiro atoms. The van der Waals surface area contributed by atoms with Gasteiger partial charge < -0.3 is 9.64 Å². The number of carbonyl (C=O) groups is 3. The van der Waals surface area contributed by atoms with Gasteiger partial charge in [-0.3, -0.25) is 14.5 Å². The van der Waals surface area contributed by atoms with Crippen molar-refractivity contribution in [2.45, 2.75) is 6.42 Å². The highest BCUT2D eigenvalue weighted by Crippen LogP contribution is 2.44. The summed E-state index contributed by atoms with van der Waals surface area (Å²) < 4.78 is 4.81. The number of carbonyl (C=O) groups excluding carboxylic acids is 3. The van der Waals surface area contributed by atoms with E-state index < -0.39 is 17.9 Å². The van der Waals surface area contributed by atoms with Crippen molar-refractivity contribution < 1.29 is 19.1 Å². The van der Waals surface area contributed by atoms with Crippen LogP contribution >= 0.6 is 46.4 Å². The lowest BCUT2D eigenvalue weighted by atomic mass is 10.1. The lowest BCUT2D eigenvalue weighted by Gasteiger charge is -2.16. The topological polar surface area (TPSA) is 66.9 Å². The van der Waals surface area contributed by atoms with Gasteiger partial charge in [-0.15, -0.1) is 0 Å². The van der Waals surface area contributed by atoms with Gasteiger partial charge in [0.1, 0.15) is 6.61 Å². The molecular formula is C14H10Cl4N2O4. The molecule has 1 aromatic carbocycles. The van der Waals surface area contributed by atoms with Crippen molar-refractivity contribution in [1.29, 1.82) is 0 Å². The Balaban J connectivity index is 1.79. The Morgan fingerprint density at radius 1 is 0.833 bits per heavy atom. The van der Waals surface area contributed by atoms with Crippen LogP contribution in [0.2, 0.25) is 20.1 Å². The van der Waals surface area contributed by atoms with Crippen LogP contribution in [0.4, 0.5) is 4.79 Å². The van der Waals surface area contributed by atoms with E-state index >= 15 is 0 Å². The summed E-state index contributed by atoms with van der Waals surface area (Å²) >= 11 is 24.0. The number of imide groups is 1. The number of halogens is 4. The van der Waals surface area contributed by atoms with Crippen LogP contribution in [0.1, 0.15) is 27.1 Å². The molecule has 2 aliphatic heterocycles. The van der Waals surface area contributed by atoms with E-state index in [1.807, 2.05) is 0 Å². The molecule has 0 aromatic heterocycles. The summed E-state index contributed by atoms with van der Waals surface area (Å²) in [5, 5.41) is -0.315. The van der Waals surface area contributed by atoms with E-state index in [1.165, 1.54) is 4.90 Å². The fourth-order valence-electron chi connectivity index (χ4n) is 2.65.